The van der Waals surface area contributed by atoms with Crippen LogP contribution in [0.4, 0.5) is 0 Å². The Balaban J connectivity index is 1.51. The minimum atomic E-state index is -0.186. The molecule has 0 bridgehead atoms. The number of allylic oxidation sites excluding steroid dienone is 2. The third-order valence-electron chi connectivity index (χ3n) is 5.75. The van der Waals surface area contributed by atoms with Crippen molar-refractivity contribution in [3.05, 3.63) is 77.0 Å². The lowest BCUT2D eigenvalue weighted by atomic mass is 9.98. The molecule has 1 atom stereocenters. The number of rotatable bonds is 7. The van der Waals surface area contributed by atoms with Gasteiger partial charge in [-0.1, -0.05) is 37.4 Å². The van der Waals surface area contributed by atoms with Crippen molar-refractivity contribution in [3.8, 4) is 0 Å². The second-order valence-electron chi connectivity index (χ2n) is 7.49. The predicted octanol–water partition coefficient (Wildman–Crippen LogP) is 2.05. The first-order valence-corrected chi connectivity index (χ1v) is 9.86. The minimum Gasteiger partial charge on any atom is -0.487 e. The summed E-state index contributed by atoms with van der Waals surface area (Å²) >= 11 is 0. The lowest BCUT2D eigenvalue weighted by molar-refractivity contribution is -0.116. The molecule has 6 nitrogen and oxygen atoms in total. The van der Waals surface area contributed by atoms with E-state index in [4.69, 9.17) is 4.74 Å². The zero-order valence-corrected chi connectivity index (χ0v) is 16.4. The molecule has 0 aliphatic carbocycles. The number of carbonyl (C=O) groups excluding carboxylic acids is 2. The van der Waals surface area contributed by atoms with Crippen LogP contribution in [0, 0.1) is 0 Å². The number of likely N-dealkylation sites (tertiary alicyclic amines) is 1. The predicted molar refractivity (Wildman–Crippen MR) is 111 cm³/mol. The maximum absolute atomic E-state index is 12.5. The molecule has 1 aromatic carbocycles. The molecule has 0 spiro atoms. The van der Waals surface area contributed by atoms with Gasteiger partial charge in [0.2, 0.25) is 6.41 Å². The first kappa shape index (κ1) is 19.2. The highest BCUT2D eigenvalue weighted by Crippen LogP contribution is 2.38. The van der Waals surface area contributed by atoms with Crippen molar-refractivity contribution in [1.82, 2.24) is 15.5 Å². The van der Waals surface area contributed by atoms with Crippen LogP contribution in [-0.4, -0.2) is 42.9 Å². The fourth-order valence-corrected chi connectivity index (χ4v) is 4.24. The fourth-order valence-electron chi connectivity index (χ4n) is 4.24. The molecule has 1 fully saturated rings. The first-order chi connectivity index (χ1) is 14.1. The van der Waals surface area contributed by atoms with Crippen LogP contribution in [0.25, 0.3) is 5.76 Å². The number of hydrogen-bond donors (Lipinski definition) is 2. The topological polar surface area (TPSA) is 70.7 Å². The van der Waals surface area contributed by atoms with E-state index in [1.54, 1.807) is 12.2 Å². The molecular formula is C23H25N3O3. The average molecular weight is 391 g/mol. The van der Waals surface area contributed by atoms with Crippen LogP contribution in [0.5, 0.6) is 0 Å². The van der Waals surface area contributed by atoms with Crippen molar-refractivity contribution in [1.29, 1.82) is 0 Å². The smallest absolute Gasteiger partial charge is 0.260 e. The summed E-state index contributed by atoms with van der Waals surface area (Å²) in [6.45, 7) is 10.9. The van der Waals surface area contributed by atoms with Gasteiger partial charge in [-0.25, -0.2) is 0 Å². The van der Waals surface area contributed by atoms with Crippen LogP contribution >= 0.6 is 0 Å². The molecule has 0 saturated carbocycles. The molecule has 0 aromatic heterocycles. The van der Waals surface area contributed by atoms with Gasteiger partial charge in [0, 0.05) is 48.1 Å². The van der Waals surface area contributed by atoms with Gasteiger partial charge in [0.05, 0.1) is 5.57 Å². The van der Waals surface area contributed by atoms with Gasteiger partial charge < -0.3 is 20.3 Å². The number of benzene rings is 1. The van der Waals surface area contributed by atoms with Crippen LogP contribution in [0.15, 0.2) is 60.4 Å². The normalized spacial score (nSPS) is 23.6. The van der Waals surface area contributed by atoms with Gasteiger partial charge in [0.1, 0.15) is 12.4 Å². The number of ether oxygens (including phenoxy) is 1. The third kappa shape index (κ3) is 3.63. The molecule has 3 aliphatic heterocycles. The fraction of sp³-hybridized carbons (Fsp3) is 0.304. The number of nitrogens with zero attached hydrogens (tertiary/aromatic N) is 1. The molecule has 150 valence electrons. The highest BCUT2D eigenvalue weighted by atomic mass is 16.5. The first-order valence-electron chi connectivity index (χ1n) is 9.86. The Hall–Kier alpha value is -3.12. The van der Waals surface area contributed by atoms with Gasteiger partial charge in [-0.3, -0.25) is 9.59 Å². The van der Waals surface area contributed by atoms with Crippen molar-refractivity contribution in [3.63, 3.8) is 0 Å². The van der Waals surface area contributed by atoms with Crippen LogP contribution in [0.3, 0.4) is 0 Å². The molecule has 6 heteroatoms. The summed E-state index contributed by atoms with van der Waals surface area (Å²) in [5, 5.41) is 5.68. The summed E-state index contributed by atoms with van der Waals surface area (Å²) in [6.07, 6.45) is 6.01. The average Bonchev–Trinajstić information content (AvgIpc) is 3.42. The van der Waals surface area contributed by atoms with Gasteiger partial charge in [-0.15, -0.1) is 0 Å². The van der Waals surface area contributed by atoms with Crippen molar-refractivity contribution in [2.45, 2.75) is 25.5 Å². The van der Waals surface area contributed by atoms with E-state index < -0.39 is 0 Å². The standard InChI is InChI=1S/C23H25N3O3/c1-3-18-20(4-2)25-23(28)21(18)22-19-6-5-15(11-16(19)13-29-22)7-9-26-10-8-17(12-26)24-14-27/h3-6,11,14,17H,1-2,7-10,12-13H2,(H,24,27)(H,25,28)/b22-21+. The molecule has 1 unspecified atom stereocenters. The summed E-state index contributed by atoms with van der Waals surface area (Å²) in [5.74, 6) is 0.423. The SMILES string of the molecule is C=CC1=C(C=C)/C(=C2\OCc3cc(CCN4CCC(NC=O)C4)ccc32)C(=O)N1. The van der Waals surface area contributed by atoms with Crippen molar-refractivity contribution in [2.24, 2.45) is 0 Å². The van der Waals surface area contributed by atoms with E-state index in [-0.39, 0.29) is 11.9 Å². The Morgan fingerprint density at radius 2 is 2.17 bits per heavy atom. The monoisotopic (exact) mass is 391 g/mol. The lowest BCUT2D eigenvalue weighted by Crippen LogP contribution is -2.32. The highest BCUT2D eigenvalue weighted by Gasteiger charge is 2.32. The number of carbonyl (C=O) groups is 2. The minimum absolute atomic E-state index is 0.186. The number of nitrogens with one attached hydrogen (secondary N) is 2. The van der Waals surface area contributed by atoms with Gasteiger partial charge in [0.15, 0.2) is 0 Å². The Morgan fingerprint density at radius 3 is 2.93 bits per heavy atom. The Labute approximate surface area is 170 Å². The number of hydrogen-bond acceptors (Lipinski definition) is 4. The molecule has 3 aliphatic rings. The highest BCUT2D eigenvalue weighted by molar-refractivity contribution is 6.09. The molecule has 2 N–H and O–H groups in total. The van der Waals surface area contributed by atoms with E-state index in [1.807, 2.05) is 6.07 Å². The van der Waals surface area contributed by atoms with Crippen molar-refractivity contribution >= 4 is 18.1 Å². The second-order valence-corrected chi connectivity index (χ2v) is 7.49. The van der Waals surface area contributed by atoms with Gasteiger partial charge >= 0.3 is 0 Å². The molecule has 3 heterocycles. The summed E-state index contributed by atoms with van der Waals surface area (Å²) in [5.41, 5.74) is 5.20. The maximum atomic E-state index is 12.5. The third-order valence-corrected chi connectivity index (χ3v) is 5.75. The molecule has 2 amide bonds. The van der Waals surface area contributed by atoms with Crippen LogP contribution in [0.1, 0.15) is 23.1 Å². The van der Waals surface area contributed by atoms with Gasteiger partial charge in [-0.05, 0) is 24.5 Å². The van der Waals surface area contributed by atoms with Crippen molar-refractivity contribution in [2.75, 3.05) is 19.6 Å². The zero-order chi connectivity index (χ0) is 20.4. The summed E-state index contributed by atoms with van der Waals surface area (Å²) in [4.78, 5) is 25.4. The summed E-state index contributed by atoms with van der Waals surface area (Å²) in [6, 6.07) is 6.57. The largest absolute Gasteiger partial charge is 0.487 e. The van der Waals surface area contributed by atoms with E-state index in [2.05, 4.69) is 40.8 Å². The van der Waals surface area contributed by atoms with E-state index in [0.717, 1.165) is 55.6 Å². The van der Waals surface area contributed by atoms with E-state index in [0.29, 0.717) is 23.6 Å². The number of amides is 2. The molecule has 4 rings (SSSR count). The molecule has 29 heavy (non-hydrogen) atoms. The van der Waals surface area contributed by atoms with Crippen LogP contribution in [-0.2, 0) is 27.4 Å². The Kier molecular flexibility index (Phi) is 5.36. The Bertz CT molecular complexity index is 945. The quantitative estimate of drug-likeness (QED) is 0.551. The van der Waals surface area contributed by atoms with Gasteiger partial charge in [-0.2, -0.15) is 0 Å². The molecule has 1 saturated heterocycles. The molecular weight excluding hydrogens is 366 g/mol. The Morgan fingerprint density at radius 1 is 1.31 bits per heavy atom. The lowest BCUT2D eigenvalue weighted by Gasteiger charge is -2.15. The zero-order valence-electron chi connectivity index (χ0n) is 16.4. The van der Waals surface area contributed by atoms with Crippen LogP contribution in [0.2, 0.25) is 0 Å². The van der Waals surface area contributed by atoms with Crippen molar-refractivity contribution < 1.29 is 14.3 Å². The summed E-state index contributed by atoms with van der Waals surface area (Å²) < 4.78 is 5.93. The number of fused-ring (bicyclic) bond motifs is 1. The molecule has 0 radical (unpaired) electrons. The van der Waals surface area contributed by atoms with E-state index >= 15 is 0 Å². The summed E-state index contributed by atoms with van der Waals surface area (Å²) in [7, 11) is 0. The van der Waals surface area contributed by atoms with Crippen LogP contribution < -0.4 is 10.6 Å². The van der Waals surface area contributed by atoms with E-state index in [9.17, 15) is 9.59 Å². The second kappa shape index (κ2) is 8.09. The maximum Gasteiger partial charge on any atom is 0.260 e. The van der Waals surface area contributed by atoms with Gasteiger partial charge in [0.25, 0.3) is 5.91 Å². The molecule has 1 aromatic rings. The van der Waals surface area contributed by atoms with E-state index in [1.165, 1.54) is 5.56 Å².